The van der Waals surface area contributed by atoms with Crippen molar-refractivity contribution in [3.63, 3.8) is 0 Å². The Morgan fingerprint density at radius 3 is 2.60 bits per heavy atom. The molecule has 1 heterocycles. The van der Waals surface area contributed by atoms with Crippen LogP contribution in [0.15, 0.2) is 36.5 Å². The van der Waals surface area contributed by atoms with E-state index in [0.717, 1.165) is 24.0 Å². The molecular formula is C16H17ClN2O. The van der Waals surface area contributed by atoms with Gasteiger partial charge in [-0.2, -0.15) is 0 Å². The Morgan fingerprint density at radius 2 is 2.00 bits per heavy atom. The topological polar surface area (TPSA) is 42.0 Å². The summed E-state index contributed by atoms with van der Waals surface area (Å²) in [5.41, 5.74) is 2.90. The number of benzene rings is 1. The number of anilines is 1. The van der Waals surface area contributed by atoms with Crippen LogP contribution < -0.4 is 5.32 Å². The smallest absolute Gasteiger partial charge is 0.257 e. The zero-order valence-electron chi connectivity index (χ0n) is 11.6. The van der Waals surface area contributed by atoms with E-state index in [-0.39, 0.29) is 5.91 Å². The van der Waals surface area contributed by atoms with Gasteiger partial charge in [0.15, 0.2) is 0 Å². The molecule has 0 bridgehead atoms. The van der Waals surface area contributed by atoms with E-state index >= 15 is 0 Å². The molecule has 2 aromatic rings. The van der Waals surface area contributed by atoms with Crippen LogP contribution in [0.2, 0.25) is 5.02 Å². The third-order valence-corrected chi connectivity index (χ3v) is 3.40. The highest BCUT2D eigenvalue weighted by Gasteiger charge is 2.12. The van der Waals surface area contributed by atoms with Crippen molar-refractivity contribution in [2.75, 3.05) is 5.32 Å². The van der Waals surface area contributed by atoms with Crippen LogP contribution in [0.4, 0.5) is 5.82 Å². The molecule has 0 spiro atoms. The molecule has 0 atom stereocenters. The van der Waals surface area contributed by atoms with Gasteiger partial charge in [-0.15, -0.1) is 0 Å². The molecule has 1 aromatic heterocycles. The van der Waals surface area contributed by atoms with E-state index in [0.29, 0.717) is 16.4 Å². The van der Waals surface area contributed by atoms with E-state index in [4.69, 9.17) is 11.6 Å². The van der Waals surface area contributed by atoms with Crippen molar-refractivity contribution in [3.8, 4) is 0 Å². The summed E-state index contributed by atoms with van der Waals surface area (Å²) in [6, 6.07) is 9.42. The van der Waals surface area contributed by atoms with Crippen molar-refractivity contribution in [2.24, 2.45) is 0 Å². The number of rotatable bonds is 4. The number of nitrogens with one attached hydrogen (secondary N) is 1. The minimum Gasteiger partial charge on any atom is -0.307 e. The van der Waals surface area contributed by atoms with Gasteiger partial charge >= 0.3 is 0 Å². The van der Waals surface area contributed by atoms with Crippen LogP contribution in [0.1, 0.15) is 35.3 Å². The largest absolute Gasteiger partial charge is 0.307 e. The van der Waals surface area contributed by atoms with Crippen LogP contribution in [0, 0.1) is 0 Å². The Morgan fingerprint density at radius 1 is 1.20 bits per heavy atom. The van der Waals surface area contributed by atoms with Crippen LogP contribution in [0.5, 0.6) is 0 Å². The van der Waals surface area contributed by atoms with Crippen molar-refractivity contribution < 1.29 is 4.79 Å². The zero-order chi connectivity index (χ0) is 14.5. The Bertz CT molecular complexity index is 608. The summed E-state index contributed by atoms with van der Waals surface area (Å²) < 4.78 is 0. The fraction of sp³-hybridized carbons (Fsp3) is 0.250. The molecule has 0 aliphatic carbocycles. The predicted molar refractivity (Wildman–Crippen MR) is 82.4 cm³/mol. The van der Waals surface area contributed by atoms with Crippen molar-refractivity contribution in [2.45, 2.75) is 26.7 Å². The van der Waals surface area contributed by atoms with Crippen LogP contribution in [-0.2, 0) is 12.8 Å². The fourth-order valence-corrected chi connectivity index (χ4v) is 2.11. The average molecular weight is 289 g/mol. The Labute approximate surface area is 124 Å². The Hall–Kier alpha value is -1.87. The number of hydrogen-bond acceptors (Lipinski definition) is 2. The maximum Gasteiger partial charge on any atom is 0.257 e. The van der Waals surface area contributed by atoms with Gasteiger partial charge in [0.05, 0.1) is 5.02 Å². The number of carbonyl (C=O) groups is 1. The Balaban J connectivity index is 2.25. The molecule has 3 nitrogen and oxygen atoms in total. The van der Waals surface area contributed by atoms with E-state index in [1.807, 2.05) is 19.1 Å². The minimum absolute atomic E-state index is 0.132. The molecule has 0 radical (unpaired) electrons. The lowest BCUT2D eigenvalue weighted by molar-refractivity contribution is 0.102. The van der Waals surface area contributed by atoms with E-state index in [1.165, 1.54) is 6.20 Å². The molecule has 0 saturated carbocycles. The van der Waals surface area contributed by atoms with Gasteiger partial charge < -0.3 is 5.32 Å². The molecular weight excluding hydrogens is 272 g/mol. The number of hydrogen-bond donors (Lipinski definition) is 1. The molecule has 0 saturated heterocycles. The lowest BCUT2D eigenvalue weighted by Gasteiger charge is -2.10. The predicted octanol–water partition coefficient (Wildman–Crippen LogP) is 4.11. The lowest BCUT2D eigenvalue weighted by Crippen LogP contribution is -2.15. The number of carbonyl (C=O) groups excluding carboxylic acids is 1. The summed E-state index contributed by atoms with van der Waals surface area (Å²) in [5.74, 6) is 0.371. The second kappa shape index (κ2) is 6.53. The minimum atomic E-state index is -0.132. The SMILES string of the molecule is CCc1ccc(CC)c(C(=O)Nc2ccc(Cl)cn2)c1. The number of halogens is 1. The normalized spacial score (nSPS) is 10.3. The van der Waals surface area contributed by atoms with Crippen LogP contribution in [0.3, 0.4) is 0 Å². The summed E-state index contributed by atoms with van der Waals surface area (Å²) in [7, 11) is 0. The fourth-order valence-electron chi connectivity index (χ4n) is 2.00. The molecule has 1 aromatic carbocycles. The first-order valence-electron chi connectivity index (χ1n) is 6.68. The molecule has 1 N–H and O–H groups in total. The van der Waals surface area contributed by atoms with E-state index in [9.17, 15) is 4.79 Å². The van der Waals surface area contributed by atoms with Crippen LogP contribution in [0.25, 0.3) is 0 Å². The van der Waals surface area contributed by atoms with Gasteiger partial charge in [-0.25, -0.2) is 4.98 Å². The molecule has 2 rings (SSSR count). The van der Waals surface area contributed by atoms with Gasteiger partial charge in [0.1, 0.15) is 5.82 Å². The van der Waals surface area contributed by atoms with Crippen LogP contribution in [-0.4, -0.2) is 10.9 Å². The van der Waals surface area contributed by atoms with E-state index in [2.05, 4.69) is 23.3 Å². The molecule has 1 amide bonds. The van der Waals surface area contributed by atoms with Gasteiger partial charge in [0, 0.05) is 11.8 Å². The zero-order valence-corrected chi connectivity index (χ0v) is 12.4. The summed E-state index contributed by atoms with van der Waals surface area (Å²) in [6.45, 7) is 4.11. The first kappa shape index (κ1) is 14.5. The first-order chi connectivity index (χ1) is 9.63. The van der Waals surface area contributed by atoms with Crippen LogP contribution >= 0.6 is 11.6 Å². The summed E-state index contributed by atoms with van der Waals surface area (Å²) in [6.07, 6.45) is 3.24. The van der Waals surface area contributed by atoms with Crippen molar-refractivity contribution in [3.05, 3.63) is 58.2 Å². The molecule has 0 fully saturated rings. The second-order valence-corrected chi connectivity index (χ2v) is 4.95. The standard InChI is InChI=1S/C16H17ClN2O/c1-3-11-5-6-12(4-2)14(9-11)16(20)19-15-8-7-13(17)10-18-15/h5-10H,3-4H2,1-2H3,(H,18,19,20). The maximum absolute atomic E-state index is 12.4. The van der Waals surface area contributed by atoms with Gasteiger partial charge in [0.2, 0.25) is 0 Å². The van der Waals surface area contributed by atoms with Gasteiger partial charge in [0.25, 0.3) is 5.91 Å². The van der Waals surface area contributed by atoms with Gasteiger partial charge in [-0.1, -0.05) is 37.6 Å². The number of aromatic nitrogens is 1. The second-order valence-electron chi connectivity index (χ2n) is 4.51. The number of amides is 1. The number of nitrogens with zero attached hydrogens (tertiary/aromatic N) is 1. The highest BCUT2D eigenvalue weighted by atomic mass is 35.5. The quantitative estimate of drug-likeness (QED) is 0.920. The van der Waals surface area contributed by atoms with Crippen molar-refractivity contribution in [1.82, 2.24) is 4.98 Å². The molecule has 104 valence electrons. The third-order valence-electron chi connectivity index (χ3n) is 3.18. The number of aryl methyl sites for hydroxylation is 2. The maximum atomic E-state index is 12.4. The van der Waals surface area contributed by atoms with Gasteiger partial charge in [-0.3, -0.25) is 4.79 Å². The Kier molecular flexibility index (Phi) is 4.74. The average Bonchev–Trinajstić information content (AvgIpc) is 2.48. The molecule has 0 aliphatic rings. The number of pyridine rings is 1. The van der Waals surface area contributed by atoms with E-state index in [1.54, 1.807) is 12.1 Å². The summed E-state index contributed by atoms with van der Waals surface area (Å²) in [4.78, 5) is 16.4. The lowest BCUT2D eigenvalue weighted by atomic mass is 10.0. The monoisotopic (exact) mass is 288 g/mol. The molecule has 4 heteroatoms. The third kappa shape index (κ3) is 3.36. The summed E-state index contributed by atoms with van der Waals surface area (Å²) in [5, 5.41) is 3.35. The van der Waals surface area contributed by atoms with Crippen molar-refractivity contribution in [1.29, 1.82) is 0 Å². The van der Waals surface area contributed by atoms with E-state index < -0.39 is 0 Å². The molecule has 20 heavy (non-hydrogen) atoms. The van der Waals surface area contributed by atoms with Gasteiger partial charge in [-0.05, 0) is 42.2 Å². The molecule has 0 unspecified atom stereocenters. The molecule has 0 aliphatic heterocycles. The first-order valence-corrected chi connectivity index (χ1v) is 7.06. The highest BCUT2D eigenvalue weighted by molar-refractivity contribution is 6.30. The van der Waals surface area contributed by atoms with Crippen molar-refractivity contribution >= 4 is 23.3 Å². The highest BCUT2D eigenvalue weighted by Crippen LogP contribution is 2.16. The summed E-state index contributed by atoms with van der Waals surface area (Å²) >= 11 is 5.78.